The topological polar surface area (TPSA) is 42.5 Å². The van der Waals surface area contributed by atoms with Crippen LogP contribution in [0.15, 0.2) is 12.7 Å². The van der Waals surface area contributed by atoms with Gasteiger partial charge in [-0.1, -0.05) is 6.08 Å². The summed E-state index contributed by atoms with van der Waals surface area (Å²) in [5.41, 5.74) is 0. The zero-order chi connectivity index (χ0) is 12.3. The normalized spacial score (nSPS) is 22.3. The summed E-state index contributed by atoms with van der Waals surface area (Å²) < 4.78 is 10.9. The molecule has 0 radical (unpaired) electrons. The summed E-state index contributed by atoms with van der Waals surface area (Å²) in [6.45, 7) is 11.0. The van der Waals surface area contributed by atoms with E-state index in [0.29, 0.717) is 12.1 Å². The molecule has 2 atom stereocenters. The van der Waals surface area contributed by atoms with E-state index in [9.17, 15) is 0 Å². The van der Waals surface area contributed by atoms with E-state index in [1.54, 1.807) is 0 Å². The van der Waals surface area contributed by atoms with Crippen LogP contribution in [0, 0.1) is 0 Å². The Bertz CT molecular complexity index is 194. The van der Waals surface area contributed by atoms with Crippen LogP contribution < -0.4 is 10.6 Å². The fraction of sp³-hybridized carbons (Fsp3) is 0.846. The van der Waals surface area contributed by atoms with Crippen LogP contribution in [0.1, 0.15) is 19.8 Å². The minimum Gasteiger partial charge on any atom is -0.380 e. The minimum absolute atomic E-state index is 0.493. The van der Waals surface area contributed by atoms with Gasteiger partial charge in [0.15, 0.2) is 0 Å². The lowest BCUT2D eigenvalue weighted by Crippen LogP contribution is -2.45. The molecule has 1 saturated heterocycles. The zero-order valence-electron chi connectivity index (χ0n) is 10.9. The minimum atomic E-state index is 0.493. The molecular formula is C13H26N2O2. The molecule has 1 aliphatic heterocycles. The molecule has 4 nitrogen and oxygen atoms in total. The molecule has 1 fully saturated rings. The van der Waals surface area contributed by atoms with Crippen LogP contribution in [0.4, 0.5) is 0 Å². The van der Waals surface area contributed by atoms with Gasteiger partial charge in [-0.15, -0.1) is 6.58 Å². The summed E-state index contributed by atoms with van der Waals surface area (Å²) in [7, 11) is 0. The van der Waals surface area contributed by atoms with E-state index in [4.69, 9.17) is 9.47 Å². The summed E-state index contributed by atoms with van der Waals surface area (Å²) in [6.07, 6.45) is 3.91. The molecule has 100 valence electrons. The van der Waals surface area contributed by atoms with Crippen LogP contribution in [-0.2, 0) is 9.47 Å². The Morgan fingerprint density at radius 1 is 1.59 bits per heavy atom. The average Bonchev–Trinajstić information content (AvgIpc) is 2.35. The molecule has 1 aliphatic rings. The molecular weight excluding hydrogens is 216 g/mol. The lowest BCUT2D eigenvalue weighted by molar-refractivity contribution is 0.0705. The van der Waals surface area contributed by atoms with Gasteiger partial charge >= 0.3 is 0 Å². The van der Waals surface area contributed by atoms with Crippen LogP contribution in [0.2, 0.25) is 0 Å². The Morgan fingerprint density at radius 3 is 3.18 bits per heavy atom. The molecule has 2 unspecified atom stereocenters. The van der Waals surface area contributed by atoms with E-state index in [1.165, 1.54) is 0 Å². The number of hydrogen-bond donors (Lipinski definition) is 2. The highest BCUT2D eigenvalue weighted by molar-refractivity contribution is 4.75. The number of nitrogens with one attached hydrogen (secondary N) is 2. The van der Waals surface area contributed by atoms with Crippen molar-refractivity contribution in [2.45, 2.75) is 31.8 Å². The molecule has 0 amide bonds. The van der Waals surface area contributed by atoms with Crippen LogP contribution >= 0.6 is 0 Å². The first-order valence-corrected chi connectivity index (χ1v) is 6.56. The second-order valence-electron chi connectivity index (χ2n) is 4.51. The fourth-order valence-corrected chi connectivity index (χ4v) is 1.93. The second kappa shape index (κ2) is 9.59. The molecule has 0 aromatic carbocycles. The Kier molecular flexibility index (Phi) is 8.26. The van der Waals surface area contributed by atoms with Crippen molar-refractivity contribution >= 4 is 0 Å². The van der Waals surface area contributed by atoms with Gasteiger partial charge in [0.25, 0.3) is 0 Å². The summed E-state index contributed by atoms with van der Waals surface area (Å²) in [5, 5.41) is 6.92. The molecule has 4 heteroatoms. The lowest BCUT2D eigenvalue weighted by Gasteiger charge is -2.26. The first kappa shape index (κ1) is 14.6. The highest BCUT2D eigenvalue weighted by atomic mass is 16.5. The highest BCUT2D eigenvalue weighted by Gasteiger charge is 2.15. The molecule has 1 heterocycles. The molecule has 0 saturated carbocycles. The third-order valence-corrected chi connectivity index (χ3v) is 2.84. The molecule has 0 aliphatic carbocycles. The largest absolute Gasteiger partial charge is 0.380 e. The van der Waals surface area contributed by atoms with Gasteiger partial charge in [-0.05, 0) is 19.8 Å². The predicted octanol–water partition coefficient (Wildman–Crippen LogP) is 0.936. The predicted molar refractivity (Wildman–Crippen MR) is 70.3 cm³/mol. The maximum atomic E-state index is 5.44. The van der Waals surface area contributed by atoms with Crippen molar-refractivity contribution < 1.29 is 9.47 Å². The maximum absolute atomic E-state index is 5.44. The van der Waals surface area contributed by atoms with Crippen LogP contribution in [0.5, 0.6) is 0 Å². The van der Waals surface area contributed by atoms with E-state index in [1.807, 2.05) is 6.08 Å². The second-order valence-corrected chi connectivity index (χ2v) is 4.51. The summed E-state index contributed by atoms with van der Waals surface area (Å²) in [4.78, 5) is 0. The third-order valence-electron chi connectivity index (χ3n) is 2.84. The van der Waals surface area contributed by atoms with E-state index in [2.05, 4.69) is 24.1 Å². The molecule has 17 heavy (non-hydrogen) atoms. The number of ether oxygens (including phenoxy) is 2. The number of morpholine rings is 1. The first-order valence-electron chi connectivity index (χ1n) is 6.56. The van der Waals surface area contributed by atoms with Crippen molar-refractivity contribution in [3.8, 4) is 0 Å². The third kappa shape index (κ3) is 7.49. The van der Waals surface area contributed by atoms with Crippen molar-refractivity contribution in [2.75, 3.05) is 39.5 Å². The van der Waals surface area contributed by atoms with E-state index in [-0.39, 0.29) is 0 Å². The van der Waals surface area contributed by atoms with E-state index < -0.39 is 0 Å². The van der Waals surface area contributed by atoms with E-state index in [0.717, 1.165) is 52.4 Å². The van der Waals surface area contributed by atoms with Gasteiger partial charge in [0.2, 0.25) is 0 Å². The van der Waals surface area contributed by atoms with Gasteiger partial charge in [0.1, 0.15) is 0 Å². The standard InChI is InChI=1S/C13H26N2O2/c1-3-4-7-16-8-5-14-12(2)10-13-11-17-9-6-15-13/h3,12-15H,1,4-11H2,2H3. The molecule has 2 N–H and O–H groups in total. The Morgan fingerprint density at radius 2 is 2.47 bits per heavy atom. The lowest BCUT2D eigenvalue weighted by atomic mass is 10.1. The Balaban J connectivity index is 1.93. The van der Waals surface area contributed by atoms with Crippen LogP contribution in [0.25, 0.3) is 0 Å². The van der Waals surface area contributed by atoms with E-state index >= 15 is 0 Å². The van der Waals surface area contributed by atoms with Crippen LogP contribution in [0.3, 0.4) is 0 Å². The number of hydrogen-bond acceptors (Lipinski definition) is 4. The van der Waals surface area contributed by atoms with Crippen molar-refractivity contribution in [3.63, 3.8) is 0 Å². The van der Waals surface area contributed by atoms with Gasteiger partial charge in [0.05, 0.1) is 26.4 Å². The van der Waals surface area contributed by atoms with Crippen molar-refractivity contribution in [2.24, 2.45) is 0 Å². The molecule has 0 bridgehead atoms. The van der Waals surface area contributed by atoms with Gasteiger partial charge in [0, 0.05) is 25.2 Å². The number of rotatable bonds is 9. The molecule has 0 aromatic heterocycles. The zero-order valence-corrected chi connectivity index (χ0v) is 10.9. The SMILES string of the molecule is C=CCCOCCNC(C)CC1COCCN1. The summed E-state index contributed by atoms with van der Waals surface area (Å²) in [6, 6.07) is 0.991. The van der Waals surface area contributed by atoms with Gasteiger partial charge in [-0.3, -0.25) is 0 Å². The Hall–Kier alpha value is -0.420. The van der Waals surface area contributed by atoms with Crippen molar-refractivity contribution in [1.29, 1.82) is 0 Å². The van der Waals surface area contributed by atoms with Gasteiger partial charge < -0.3 is 20.1 Å². The quantitative estimate of drug-likeness (QED) is 0.466. The van der Waals surface area contributed by atoms with Crippen molar-refractivity contribution in [3.05, 3.63) is 12.7 Å². The average molecular weight is 242 g/mol. The summed E-state index contributed by atoms with van der Waals surface area (Å²) >= 11 is 0. The maximum Gasteiger partial charge on any atom is 0.0620 e. The van der Waals surface area contributed by atoms with Gasteiger partial charge in [-0.25, -0.2) is 0 Å². The highest BCUT2D eigenvalue weighted by Crippen LogP contribution is 2.02. The summed E-state index contributed by atoms with van der Waals surface area (Å²) in [5.74, 6) is 0. The molecule has 0 spiro atoms. The smallest absolute Gasteiger partial charge is 0.0620 e. The van der Waals surface area contributed by atoms with Crippen LogP contribution in [-0.4, -0.2) is 51.6 Å². The molecule has 1 rings (SSSR count). The van der Waals surface area contributed by atoms with Gasteiger partial charge in [-0.2, -0.15) is 0 Å². The fourth-order valence-electron chi connectivity index (χ4n) is 1.93. The molecule has 0 aromatic rings. The monoisotopic (exact) mass is 242 g/mol. The Labute approximate surface area is 105 Å². The van der Waals surface area contributed by atoms with Crippen molar-refractivity contribution in [1.82, 2.24) is 10.6 Å². The first-order chi connectivity index (χ1) is 8.33.